The number of benzene rings is 1. The molecule has 0 aliphatic carbocycles. The van der Waals surface area contributed by atoms with Gasteiger partial charge in [-0.25, -0.2) is 8.78 Å². The average molecular weight is 300 g/mol. The molecule has 1 N–H and O–H groups in total. The summed E-state index contributed by atoms with van der Waals surface area (Å²) in [5.74, 6) is -3.12. The van der Waals surface area contributed by atoms with Gasteiger partial charge >= 0.3 is 5.97 Å². The number of carboxylic acids is 1. The molecule has 1 aliphatic rings. The van der Waals surface area contributed by atoms with E-state index in [-0.39, 0.29) is 19.5 Å². The third-order valence-electron chi connectivity index (χ3n) is 4.01. The van der Waals surface area contributed by atoms with Crippen LogP contribution in [-0.4, -0.2) is 29.1 Å². The number of hydrogen-bond donors (Lipinski definition) is 1. The molecule has 1 aliphatic heterocycles. The Kier molecular flexibility index (Phi) is 3.80. The van der Waals surface area contributed by atoms with Gasteiger partial charge in [0.2, 0.25) is 0 Å². The van der Waals surface area contributed by atoms with Crippen molar-refractivity contribution in [3.8, 4) is 0 Å². The molecule has 8 heteroatoms. The quantitative estimate of drug-likeness (QED) is 0.682. The summed E-state index contributed by atoms with van der Waals surface area (Å²) < 4.78 is 27.9. The highest BCUT2D eigenvalue weighted by Gasteiger charge is 2.44. The molecule has 6 nitrogen and oxygen atoms in total. The van der Waals surface area contributed by atoms with Crippen LogP contribution in [0, 0.1) is 27.2 Å². The molecule has 21 heavy (non-hydrogen) atoms. The van der Waals surface area contributed by atoms with Gasteiger partial charge in [0, 0.05) is 13.1 Å². The molecule has 2 rings (SSSR count). The maximum absolute atomic E-state index is 13.9. The van der Waals surface area contributed by atoms with E-state index < -0.39 is 39.3 Å². The number of nitro benzene ring substituents is 1. The van der Waals surface area contributed by atoms with Crippen LogP contribution in [0.4, 0.5) is 20.2 Å². The molecule has 0 amide bonds. The zero-order valence-corrected chi connectivity index (χ0v) is 11.3. The summed E-state index contributed by atoms with van der Waals surface area (Å²) in [6.45, 7) is 1.87. The minimum absolute atomic E-state index is 0.0233. The maximum Gasteiger partial charge on any atom is 0.311 e. The SMILES string of the molecule is CCC1(C(=O)O)CCN(c2c(F)cc([N+](=O)[O-])cc2F)C1. The fourth-order valence-electron chi connectivity index (χ4n) is 2.64. The Morgan fingerprint density at radius 1 is 1.48 bits per heavy atom. The smallest absolute Gasteiger partial charge is 0.311 e. The van der Waals surface area contributed by atoms with Crippen molar-refractivity contribution >= 4 is 17.3 Å². The maximum atomic E-state index is 13.9. The van der Waals surface area contributed by atoms with E-state index in [1.807, 2.05) is 0 Å². The predicted molar refractivity (Wildman–Crippen MR) is 70.2 cm³/mol. The Labute approximate surface area is 119 Å². The lowest BCUT2D eigenvalue weighted by Gasteiger charge is -2.24. The number of carboxylic acid groups (broad SMARTS) is 1. The molecular weight excluding hydrogens is 286 g/mol. The molecular formula is C13H14F2N2O4. The van der Waals surface area contributed by atoms with E-state index in [2.05, 4.69) is 0 Å². The zero-order valence-electron chi connectivity index (χ0n) is 11.3. The molecule has 1 aromatic carbocycles. The monoisotopic (exact) mass is 300 g/mol. The number of aliphatic carboxylic acids is 1. The highest BCUT2D eigenvalue weighted by molar-refractivity contribution is 5.77. The second-order valence-electron chi connectivity index (χ2n) is 5.13. The Morgan fingerprint density at radius 2 is 2.05 bits per heavy atom. The molecule has 114 valence electrons. The zero-order chi connectivity index (χ0) is 15.8. The van der Waals surface area contributed by atoms with E-state index in [0.29, 0.717) is 18.6 Å². The van der Waals surface area contributed by atoms with Gasteiger partial charge in [0.25, 0.3) is 5.69 Å². The minimum Gasteiger partial charge on any atom is -0.481 e. The number of anilines is 1. The van der Waals surface area contributed by atoms with Gasteiger partial charge in [-0.15, -0.1) is 0 Å². The predicted octanol–water partition coefficient (Wildman–Crippen LogP) is 2.56. The van der Waals surface area contributed by atoms with Gasteiger partial charge in [-0.3, -0.25) is 14.9 Å². The van der Waals surface area contributed by atoms with E-state index >= 15 is 0 Å². The van der Waals surface area contributed by atoms with Crippen molar-refractivity contribution in [1.82, 2.24) is 0 Å². The topological polar surface area (TPSA) is 83.7 Å². The van der Waals surface area contributed by atoms with Crippen LogP contribution in [0.5, 0.6) is 0 Å². The summed E-state index contributed by atoms with van der Waals surface area (Å²) in [7, 11) is 0. The molecule has 1 fully saturated rings. The summed E-state index contributed by atoms with van der Waals surface area (Å²) in [4.78, 5) is 22.3. The molecule has 1 heterocycles. The summed E-state index contributed by atoms with van der Waals surface area (Å²) in [5.41, 5.74) is -2.12. The average Bonchev–Trinajstić information content (AvgIpc) is 2.83. The van der Waals surface area contributed by atoms with Gasteiger partial charge in [0.05, 0.1) is 22.5 Å². The minimum atomic E-state index is -1.06. The van der Waals surface area contributed by atoms with Crippen molar-refractivity contribution < 1.29 is 23.6 Å². The highest BCUT2D eigenvalue weighted by atomic mass is 19.1. The van der Waals surface area contributed by atoms with Gasteiger partial charge in [0.1, 0.15) is 5.69 Å². The summed E-state index contributed by atoms with van der Waals surface area (Å²) in [5, 5.41) is 19.8. The highest BCUT2D eigenvalue weighted by Crippen LogP contribution is 2.39. The van der Waals surface area contributed by atoms with Crippen LogP contribution in [0.2, 0.25) is 0 Å². The lowest BCUT2D eigenvalue weighted by atomic mass is 9.84. The van der Waals surface area contributed by atoms with Crippen molar-refractivity contribution in [3.05, 3.63) is 33.9 Å². The molecule has 0 radical (unpaired) electrons. The Morgan fingerprint density at radius 3 is 2.43 bits per heavy atom. The number of nitro groups is 1. The summed E-state index contributed by atoms with van der Waals surface area (Å²) in [6, 6.07) is 1.29. The third-order valence-corrected chi connectivity index (χ3v) is 4.01. The largest absolute Gasteiger partial charge is 0.481 e. The van der Waals surface area contributed by atoms with Crippen LogP contribution in [0.1, 0.15) is 19.8 Å². The first kappa shape index (κ1) is 15.1. The molecule has 1 aromatic rings. The van der Waals surface area contributed by atoms with E-state index in [1.54, 1.807) is 6.92 Å². The van der Waals surface area contributed by atoms with Crippen molar-refractivity contribution in [1.29, 1.82) is 0 Å². The molecule has 1 saturated heterocycles. The van der Waals surface area contributed by atoms with E-state index in [0.717, 1.165) is 0 Å². The number of rotatable bonds is 4. The molecule has 0 spiro atoms. The number of non-ortho nitro benzene ring substituents is 1. The van der Waals surface area contributed by atoms with Crippen molar-refractivity contribution in [2.24, 2.45) is 5.41 Å². The van der Waals surface area contributed by atoms with Crippen LogP contribution < -0.4 is 4.90 Å². The van der Waals surface area contributed by atoms with E-state index in [9.17, 15) is 28.8 Å². The summed E-state index contributed by atoms with van der Waals surface area (Å²) in [6.07, 6.45) is 0.615. The Balaban J connectivity index is 2.37. The fraction of sp³-hybridized carbons (Fsp3) is 0.462. The molecule has 1 atom stereocenters. The standard InChI is InChI=1S/C13H14F2N2O4/c1-2-13(12(18)19)3-4-16(7-13)11-9(14)5-8(17(20)21)6-10(11)15/h5-6H,2-4,7H2,1H3,(H,18,19). The first-order valence-corrected chi connectivity index (χ1v) is 6.42. The molecule has 0 bridgehead atoms. The Bertz CT molecular complexity index is 585. The number of halogens is 2. The Hall–Kier alpha value is -2.25. The van der Waals surface area contributed by atoms with Gasteiger partial charge in [-0.1, -0.05) is 6.92 Å². The summed E-state index contributed by atoms with van der Waals surface area (Å²) >= 11 is 0. The second kappa shape index (κ2) is 5.27. The molecule has 0 saturated carbocycles. The van der Waals surface area contributed by atoms with Gasteiger partial charge in [0.15, 0.2) is 11.6 Å². The molecule has 1 unspecified atom stereocenters. The first-order chi connectivity index (χ1) is 9.80. The van der Waals surface area contributed by atoms with Gasteiger partial charge in [-0.05, 0) is 12.8 Å². The second-order valence-corrected chi connectivity index (χ2v) is 5.13. The van der Waals surface area contributed by atoms with Crippen LogP contribution in [0.25, 0.3) is 0 Å². The fourth-order valence-corrected chi connectivity index (χ4v) is 2.64. The van der Waals surface area contributed by atoms with Crippen LogP contribution >= 0.6 is 0 Å². The number of hydrogen-bond acceptors (Lipinski definition) is 4. The van der Waals surface area contributed by atoms with Crippen molar-refractivity contribution in [2.45, 2.75) is 19.8 Å². The van der Waals surface area contributed by atoms with Crippen molar-refractivity contribution in [3.63, 3.8) is 0 Å². The van der Waals surface area contributed by atoms with Crippen LogP contribution in [0.3, 0.4) is 0 Å². The number of carbonyl (C=O) groups is 1. The normalized spacial score (nSPS) is 21.6. The van der Waals surface area contributed by atoms with Gasteiger partial charge < -0.3 is 10.0 Å². The lowest BCUT2D eigenvalue weighted by Crippen LogP contribution is -2.34. The first-order valence-electron chi connectivity index (χ1n) is 6.42. The lowest BCUT2D eigenvalue weighted by molar-refractivity contribution is -0.385. The molecule has 0 aromatic heterocycles. The number of nitrogens with zero attached hydrogens (tertiary/aromatic N) is 2. The van der Waals surface area contributed by atoms with Crippen molar-refractivity contribution in [2.75, 3.05) is 18.0 Å². The van der Waals surface area contributed by atoms with E-state index in [1.165, 1.54) is 4.90 Å². The van der Waals surface area contributed by atoms with Crippen LogP contribution in [-0.2, 0) is 4.79 Å². The van der Waals surface area contributed by atoms with Crippen LogP contribution in [0.15, 0.2) is 12.1 Å². The van der Waals surface area contributed by atoms with Gasteiger partial charge in [-0.2, -0.15) is 0 Å². The van der Waals surface area contributed by atoms with E-state index in [4.69, 9.17) is 0 Å². The third kappa shape index (κ3) is 2.53.